The Labute approximate surface area is 111 Å². The monoisotopic (exact) mass is 298 g/mol. The summed E-state index contributed by atoms with van der Waals surface area (Å²) in [6.45, 7) is 1.69. The number of benzene rings is 1. The van der Waals surface area contributed by atoms with E-state index in [4.69, 9.17) is 0 Å². The van der Waals surface area contributed by atoms with Crippen molar-refractivity contribution < 1.29 is 36.2 Å². The van der Waals surface area contributed by atoms with E-state index in [1.165, 1.54) is 0 Å². The minimum absolute atomic E-state index is 0.119. The van der Waals surface area contributed by atoms with Gasteiger partial charge in [-0.15, -0.1) is 13.2 Å². The maximum atomic E-state index is 12.7. The lowest BCUT2D eigenvalue weighted by molar-refractivity contribution is -0.275. The maximum Gasteiger partial charge on any atom is 0.573 e. The fourth-order valence-electron chi connectivity index (χ4n) is 1.47. The fraction of sp³-hybridized carbons (Fsp3) is 0.417. The van der Waals surface area contributed by atoms with Crippen LogP contribution in [-0.4, -0.2) is 18.9 Å². The molecule has 0 amide bonds. The summed E-state index contributed by atoms with van der Waals surface area (Å²) in [5.41, 5.74) is -0.808. The predicted molar refractivity (Wildman–Crippen MR) is 58.4 cm³/mol. The predicted octanol–water partition coefficient (Wildman–Crippen LogP) is 3.63. The molecule has 0 N–H and O–H groups in total. The number of carbonyl (C=O) groups excluding carboxylic acids is 1. The van der Waals surface area contributed by atoms with Crippen molar-refractivity contribution in [3.8, 4) is 5.75 Å². The third-order valence-electron chi connectivity index (χ3n) is 2.19. The molecule has 20 heavy (non-hydrogen) atoms. The van der Waals surface area contributed by atoms with Crippen molar-refractivity contribution in [3.63, 3.8) is 0 Å². The lowest BCUT2D eigenvalue weighted by atomic mass is 10.1. The first-order valence-electron chi connectivity index (χ1n) is 5.55. The average molecular weight is 298 g/mol. The number of carbonyl (C=O) groups is 1. The Kier molecular flexibility index (Phi) is 5.29. The number of ether oxygens (including phenoxy) is 2. The largest absolute Gasteiger partial charge is 0.573 e. The Balaban J connectivity index is 2.98. The molecule has 112 valence electrons. The van der Waals surface area contributed by atoms with Crippen LogP contribution in [0.3, 0.4) is 0 Å². The van der Waals surface area contributed by atoms with Crippen LogP contribution in [-0.2, 0) is 16.0 Å². The summed E-state index contributed by atoms with van der Waals surface area (Å²) >= 11 is 0. The van der Waals surface area contributed by atoms with Crippen molar-refractivity contribution in [1.29, 1.82) is 0 Å². The van der Waals surface area contributed by atoms with Crippen LogP contribution < -0.4 is 4.74 Å². The second-order valence-electron chi connectivity index (χ2n) is 3.70. The highest BCUT2D eigenvalue weighted by Crippen LogP contribution is 2.33. The van der Waals surface area contributed by atoms with Gasteiger partial charge in [-0.1, -0.05) is 6.07 Å². The van der Waals surface area contributed by atoms with E-state index in [1.54, 1.807) is 6.92 Å². The molecular weight excluding hydrogens is 287 g/mol. The Morgan fingerprint density at radius 3 is 2.45 bits per heavy atom. The van der Waals surface area contributed by atoms with E-state index in [9.17, 15) is 26.7 Å². The highest BCUT2D eigenvalue weighted by Gasteiger charge is 2.33. The van der Waals surface area contributed by atoms with Crippen molar-refractivity contribution >= 4 is 5.97 Å². The van der Waals surface area contributed by atoms with Crippen LogP contribution >= 0.6 is 0 Å². The van der Waals surface area contributed by atoms with Gasteiger partial charge in [0, 0.05) is 0 Å². The molecule has 0 bridgehead atoms. The normalized spacial score (nSPS) is 11.6. The molecule has 0 saturated carbocycles. The summed E-state index contributed by atoms with van der Waals surface area (Å²) in [4.78, 5) is 11.2. The van der Waals surface area contributed by atoms with Crippen molar-refractivity contribution in [3.05, 3.63) is 29.3 Å². The van der Waals surface area contributed by atoms with Crippen molar-refractivity contribution in [2.45, 2.75) is 26.1 Å². The molecule has 1 rings (SSSR count). The van der Waals surface area contributed by atoms with Gasteiger partial charge >= 0.3 is 12.3 Å². The van der Waals surface area contributed by atoms with E-state index in [0.29, 0.717) is 0 Å². The Hall–Kier alpha value is -1.86. The maximum absolute atomic E-state index is 12.7. The van der Waals surface area contributed by atoms with Crippen LogP contribution in [0.1, 0.15) is 24.5 Å². The van der Waals surface area contributed by atoms with Crippen LogP contribution in [0.2, 0.25) is 0 Å². The Morgan fingerprint density at radius 1 is 1.30 bits per heavy atom. The highest BCUT2D eigenvalue weighted by atomic mass is 19.4. The number of hydrogen-bond donors (Lipinski definition) is 0. The quantitative estimate of drug-likeness (QED) is 0.615. The SMILES string of the molecule is CCOC(=O)Cc1ccc(OC(F)(F)F)c(C(F)F)c1. The Morgan fingerprint density at radius 2 is 1.95 bits per heavy atom. The first-order chi connectivity index (χ1) is 9.23. The molecule has 0 radical (unpaired) electrons. The zero-order valence-electron chi connectivity index (χ0n) is 10.3. The van der Waals surface area contributed by atoms with Gasteiger partial charge in [0.05, 0.1) is 18.6 Å². The van der Waals surface area contributed by atoms with Crippen LogP contribution in [0.4, 0.5) is 22.0 Å². The van der Waals surface area contributed by atoms with Gasteiger partial charge in [0.1, 0.15) is 5.75 Å². The first-order valence-corrected chi connectivity index (χ1v) is 5.55. The lowest BCUT2D eigenvalue weighted by Gasteiger charge is -2.14. The third-order valence-corrected chi connectivity index (χ3v) is 2.19. The summed E-state index contributed by atoms with van der Waals surface area (Å²) in [7, 11) is 0. The molecule has 0 spiro atoms. The van der Waals surface area contributed by atoms with Crippen molar-refractivity contribution in [2.75, 3.05) is 6.61 Å². The van der Waals surface area contributed by atoms with E-state index in [1.807, 2.05) is 0 Å². The topological polar surface area (TPSA) is 35.5 Å². The molecule has 3 nitrogen and oxygen atoms in total. The van der Waals surface area contributed by atoms with Crippen molar-refractivity contribution in [1.82, 2.24) is 0 Å². The van der Waals surface area contributed by atoms with Crippen LogP contribution in [0.25, 0.3) is 0 Å². The summed E-state index contributed by atoms with van der Waals surface area (Å²) in [6.07, 6.45) is -8.53. The second kappa shape index (κ2) is 6.53. The molecule has 0 fully saturated rings. The molecule has 0 aliphatic heterocycles. The van der Waals surface area contributed by atoms with Gasteiger partial charge < -0.3 is 9.47 Å². The van der Waals surface area contributed by atoms with E-state index in [0.717, 1.165) is 18.2 Å². The summed E-state index contributed by atoms with van der Waals surface area (Å²) in [5, 5.41) is 0. The van der Waals surface area contributed by atoms with E-state index < -0.39 is 30.1 Å². The van der Waals surface area contributed by atoms with Gasteiger partial charge in [0.2, 0.25) is 0 Å². The molecule has 8 heteroatoms. The average Bonchev–Trinajstić information content (AvgIpc) is 2.29. The first kappa shape index (κ1) is 16.2. The van der Waals surface area contributed by atoms with E-state index in [-0.39, 0.29) is 18.6 Å². The standard InChI is InChI=1S/C12H11F5O3/c1-2-19-10(18)6-7-3-4-9(20-12(15,16)17)8(5-7)11(13)14/h3-5,11H,2,6H2,1H3. The zero-order valence-corrected chi connectivity index (χ0v) is 10.3. The molecule has 0 unspecified atom stereocenters. The van der Waals surface area contributed by atoms with Crippen LogP contribution in [0, 0.1) is 0 Å². The van der Waals surface area contributed by atoms with Crippen LogP contribution in [0.15, 0.2) is 18.2 Å². The van der Waals surface area contributed by atoms with Crippen LogP contribution in [0.5, 0.6) is 5.75 Å². The number of alkyl halides is 5. The minimum Gasteiger partial charge on any atom is -0.466 e. The number of halogens is 5. The number of hydrogen-bond acceptors (Lipinski definition) is 3. The molecule has 0 aliphatic carbocycles. The van der Waals surface area contributed by atoms with Crippen molar-refractivity contribution in [2.24, 2.45) is 0 Å². The number of rotatable bonds is 5. The molecule has 0 aromatic heterocycles. The second-order valence-corrected chi connectivity index (χ2v) is 3.70. The summed E-state index contributed by atoms with van der Waals surface area (Å²) in [6, 6.07) is 2.65. The third kappa shape index (κ3) is 5.02. The van der Waals surface area contributed by atoms with Gasteiger partial charge in [-0.25, -0.2) is 8.78 Å². The van der Waals surface area contributed by atoms with Gasteiger partial charge in [-0.2, -0.15) is 0 Å². The molecule has 1 aromatic rings. The molecular formula is C12H11F5O3. The molecule has 0 heterocycles. The summed E-state index contributed by atoms with van der Waals surface area (Å²) in [5.74, 6) is -1.64. The van der Waals surface area contributed by atoms with E-state index in [2.05, 4.69) is 9.47 Å². The Bertz CT molecular complexity index is 471. The van der Waals surface area contributed by atoms with E-state index >= 15 is 0 Å². The molecule has 0 saturated heterocycles. The van der Waals surface area contributed by atoms with Gasteiger partial charge in [-0.05, 0) is 24.6 Å². The fourth-order valence-corrected chi connectivity index (χ4v) is 1.47. The molecule has 0 atom stereocenters. The number of esters is 1. The van der Waals surface area contributed by atoms with Gasteiger partial charge in [0.15, 0.2) is 0 Å². The van der Waals surface area contributed by atoms with Gasteiger partial charge in [0.25, 0.3) is 6.43 Å². The smallest absolute Gasteiger partial charge is 0.466 e. The molecule has 1 aromatic carbocycles. The minimum atomic E-state index is -5.06. The summed E-state index contributed by atoms with van der Waals surface area (Å²) < 4.78 is 69.7. The molecule has 0 aliphatic rings. The lowest BCUT2D eigenvalue weighted by Crippen LogP contribution is -2.18. The van der Waals surface area contributed by atoms with Gasteiger partial charge in [-0.3, -0.25) is 4.79 Å². The zero-order chi connectivity index (χ0) is 15.3. The highest BCUT2D eigenvalue weighted by molar-refractivity contribution is 5.72.